The first-order valence-electron chi connectivity index (χ1n) is 5.56. The van der Waals surface area contributed by atoms with E-state index in [1.165, 1.54) is 5.56 Å². The summed E-state index contributed by atoms with van der Waals surface area (Å²) in [6.45, 7) is 6.49. The average Bonchev–Trinajstić information content (AvgIpc) is 2.67. The van der Waals surface area contributed by atoms with Crippen LogP contribution in [-0.4, -0.2) is 0 Å². The Bertz CT molecular complexity index is 263. The lowest BCUT2D eigenvalue weighted by atomic mass is 9.89. The predicted octanol–water partition coefficient (Wildman–Crippen LogP) is 3.28. The zero-order valence-corrected chi connectivity index (χ0v) is 9.42. The summed E-state index contributed by atoms with van der Waals surface area (Å²) in [6, 6.07) is 2.15. The highest BCUT2D eigenvalue weighted by molar-refractivity contribution is 5.21. The maximum Gasteiger partial charge on any atom is 0.108 e. The molecule has 1 aromatic rings. The summed E-state index contributed by atoms with van der Waals surface area (Å²) in [7, 11) is 0. The molecule has 0 aliphatic carbocycles. The first-order valence-corrected chi connectivity index (χ1v) is 5.56. The number of hydrogen-bond acceptors (Lipinski definition) is 2. The van der Waals surface area contributed by atoms with E-state index in [0.29, 0.717) is 5.92 Å². The fourth-order valence-corrected chi connectivity index (χ4v) is 1.99. The third-order valence-electron chi connectivity index (χ3n) is 3.02. The quantitative estimate of drug-likeness (QED) is 0.783. The topological polar surface area (TPSA) is 39.2 Å². The minimum Gasteiger partial charge on any atom is -0.469 e. The van der Waals surface area contributed by atoms with Gasteiger partial charge >= 0.3 is 0 Å². The maximum atomic E-state index is 6.22. The highest BCUT2D eigenvalue weighted by atomic mass is 16.3. The van der Waals surface area contributed by atoms with Crippen LogP contribution < -0.4 is 5.73 Å². The van der Waals surface area contributed by atoms with Crippen LogP contribution in [0, 0.1) is 5.92 Å². The maximum absolute atomic E-state index is 6.22. The predicted molar refractivity (Wildman–Crippen MR) is 59.1 cm³/mol. The molecule has 1 rings (SSSR count). The highest BCUT2D eigenvalue weighted by Crippen LogP contribution is 2.28. The largest absolute Gasteiger partial charge is 0.469 e. The van der Waals surface area contributed by atoms with Gasteiger partial charge in [-0.1, -0.05) is 33.6 Å². The lowest BCUT2D eigenvalue weighted by molar-refractivity contribution is 0.396. The first-order chi connectivity index (χ1) is 6.74. The van der Waals surface area contributed by atoms with Crippen molar-refractivity contribution in [2.45, 2.75) is 46.1 Å². The molecule has 14 heavy (non-hydrogen) atoms. The molecule has 0 spiro atoms. The van der Waals surface area contributed by atoms with Crippen LogP contribution in [-0.2, 0) is 6.42 Å². The van der Waals surface area contributed by atoms with E-state index in [4.69, 9.17) is 10.2 Å². The molecule has 0 amide bonds. The van der Waals surface area contributed by atoms with Gasteiger partial charge < -0.3 is 10.2 Å². The van der Waals surface area contributed by atoms with Crippen molar-refractivity contribution in [2.75, 3.05) is 0 Å². The van der Waals surface area contributed by atoms with Crippen molar-refractivity contribution >= 4 is 0 Å². The van der Waals surface area contributed by atoms with E-state index in [2.05, 4.69) is 20.8 Å². The summed E-state index contributed by atoms with van der Waals surface area (Å²) >= 11 is 0. The van der Waals surface area contributed by atoms with Gasteiger partial charge in [0.1, 0.15) is 5.76 Å². The third-order valence-corrected chi connectivity index (χ3v) is 3.02. The fraction of sp³-hybridized carbons (Fsp3) is 0.667. The summed E-state index contributed by atoms with van der Waals surface area (Å²) in [5.74, 6) is 1.61. The van der Waals surface area contributed by atoms with Gasteiger partial charge in [-0.2, -0.15) is 0 Å². The summed E-state index contributed by atoms with van der Waals surface area (Å²) in [5, 5.41) is 0. The molecule has 1 unspecified atom stereocenters. The Morgan fingerprint density at radius 1 is 1.29 bits per heavy atom. The van der Waals surface area contributed by atoms with Crippen LogP contribution in [0.15, 0.2) is 16.7 Å². The second-order valence-corrected chi connectivity index (χ2v) is 3.76. The molecule has 0 fully saturated rings. The molecule has 0 aromatic carbocycles. The Morgan fingerprint density at radius 3 is 2.43 bits per heavy atom. The molecule has 1 heterocycles. The van der Waals surface area contributed by atoms with Crippen LogP contribution in [0.2, 0.25) is 0 Å². The van der Waals surface area contributed by atoms with Gasteiger partial charge in [-0.3, -0.25) is 0 Å². The van der Waals surface area contributed by atoms with Crippen LogP contribution in [0.25, 0.3) is 0 Å². The van der Waals surface area contributed by atoms with E-state index in [1.54, 1.807) is 6.26 Å². The summed E-state index contributed by atoms with van der Waals surface area (Å²) in [6.07, 6.45) is 4.94. The zero-order valence-electron chi connectivity index (χ0n) is 9.42. The molecule has 2 heteroatoms. The van der Waals surface area contributed by atoms with Gasteiger partial charge in [0, 0.05) is 18.0 Å². The van der Waals surface area contributed by atoms with Gasteiger partial charge in [0.05, 0.1) is 6.26 Å². The van der Waals surface area contributed by atoms with Crippen molar-refractivity contribution < 1.29 is 4.42 Å². The van der Waals surface area contributed by atoms with Gasteiger partial charge in [-0.15, -0.1) is 0 Å². The summed E-state index contributed by atoms with van der Waals surface area (Å²) in [4.78, 5) is 0. The van der Waals surface area contributed by atoms with Gasteiger partial charge in [-0.05, 0) is 12.0 Å². The van der Waals surface area contributed by atoms with Crippen LogP contribution in [0.1, 0.15) is 51.0 Å². The normalized spacial score (nSPS) is 13.5. The Labute approximate surface area is 86.5 Å². The van der Waals surface area contributed by atoms with Crippen molar-refractivity contribution in [1.82, 2.24) is 0 Å². The zero-order chi connectivity index (χ0) is 10.6. The smallest absolute Gasteiger partial charge is 0.108 e. The van der Waals surface area contributed by atoms with E-state index in [-0.39, 0.29) is 6.04 Å². The standard InChI is InChI=1S/C12H21NO/c1-4-9(5-2)12(13)10-7-8-14-11(10)6-3/h7-9,12H,4-6,13H2,1-3H3. The van der Waals surface area contributed by atoms with Crippen molar-refractivity contribution in [2.24, 2.45) is 11.7 Å². The molecule has 1 atom stereocenters. The number of rotatable bonds is 5. The number of aryl methyl sites for hydroxylation is 1. The molecule has 0 aliphatic heterocycles. The van der Waals surface area contributed by atoms with Crippen molar-refractivity contribution in [3.63, 3.8) is 0 Å². The van der Waals surface area contributed by atoms with E-state index < -0.39 is 0 Å². The van der Waals surface area contributed by atoms with Gasteiger partial charge in [0.25, 0.3) is 0 Å². The van der Waals surface area contributed by atoms with E-state index in [0.717, 1.165) is 25.0 Å². The number of nitrogens with two attached hydrogens (primary N) is 1. The minimum absolute atomic E-state index is 0.138. The minimum atomic E-state index is 0.138. The van der Waals surface area contributed by atoms with Crippen molar-refractivity contribution in [3.8, 4) is 0 Å². The van der Waals surface area contributed by atoms with E-state index in [9.17, 15) is 0 Å². The van der Waals surface area contributed by atoms with Crippen LogP contribution in [0.4, 0.5) is 0 Å². The molecule has 2 N–H and O–H groups in total. The molecule has 0 saturated heterocycles. The molecule has 0 saturated carbocycles. The Balaban J connectivity index is 2.81. The second kappa shape index (κ2) is 5.20. The van der Waals surface area contributed by atoms with Gasteiger partial charge in [0.2, 0.25) is 0 Å². The molecular weight excluding hydrogens is 174 g/mol. The van der Waals surface area contributed by atoms with E-state index >= 15 is 0 Å². The molecule has 0 aliphatic rings. The van der Waals surface area contributed by atoms with Gasteiger partial charge in [-0.25, -0.2) is 0 Å². The lowest BCUT2D eigenvalue weighted by Gasteiger charge is -2.20. The van der Waals surface area contributed by atoms with Crippen molar-refractivity contribution in [1.29, 1.82) is 0 Å². The summed E-state index contributed by atoms with van der Waals surface area (Å²) < 4.78 is 5.39. The third kappa shape index (κ3) is 2.18. The Hall–Kier alpha value is -0.760. The van der Waals surface area contributed by atoms with Crippen LogP contribution in [0.3, 0.4) is 0 Å². The monoisotopic (exact) mass is 195 g/mol. The number of hydrogen-bond donors (Lipinski definition) is 1. The average molecular weight is 195 g/mol. The second-order valence-electron chi connectivity index (χ2n) is 3.76. The van der Waals surface area contributed by atoms with Crippen LogP contribution in [0.5, 0.6) is 0 Å². The molecule has 1 aromatic heterocycles. The molecule has 0 radical (unpaired) electrons. The highest BCUT2D eigenvalue weighted by Gasteiger charge is 2.19. The fourth-order valence-electron chi connectivity index (χ4n) is 1.99. The number of furan rings is 1. The van der Waals surface area contributed by atoms with E-state index in [1.807, 2.05) is 6.07 Å². The molecule has 2 nitrogen and oxygen atoms in total. The molecular formula is C12H21NO. The Kier molecular flexibility index (Phi) is 4.21. The summed E-state index contributed by atoms with van der Waals surface area (Å²) in [5.41, 5.74) is 7.42. The molecule has 0 bridgehead atoms. The first kappa shape index (κ1) is 11.3. The Morgan fingerprint density at radius 2 is 1.93 bits per heavy atom. The van der Waals surface area contributed by atoms with Crippen LogP contribution >= 0.6 is 0 Å². The lowest BCUT2D eigenvalue weighted by Crippen LogP contribution is -2.20. The van der Waals surface area contributed by atoms with Crippen molar-refractivity contribution in [3.05, 3.63) is 23.7 Å². The van der Waals surface area contributed by atoms with Gasteiger partial charge in [0.15, 0.2) is 0 Å². The SMILES string of the molecule is CCc1occc1C(N)C(CC)CC. The molecule has 80 valence electrons.